The second kappa shape index (κ2) is 5.37. The van der Waals surface area contributed by atoms with Gasteiger partial charge in [-0.25, -0.2) is 0 Å². The maximum absolute atomic E-state index is 9.53. The molecule has 3 N–H and O–H groups in total. The quantitative estimate of drug-likeness (QED) is 0.781. The second-order valence-corrected chi connectivity index (χ2v) is 5.00. The van der Waals surface area contributed by atoms with Crippen molar-refractivity contribution in [3.05, 3.63) is 42.0 Å². The van der Waals surface area contributed by atoms with Crippen molar-refractivity contribution in [3.63, 3.8) is 0 Å². The highest BCUT2D eigenvalue weighted by atomic mass is 16.3. The van der Waals surface area contributed by atoms with Gasteiger partial charge in [-0.2, -0.15) is 0 Å². The zero-order chi connectivity index (χ0) is 12.3. The predicted molar refractivity (Wildman–Crippen MR) is 71.7 cm³/mol. The summed E-state index contributed by atoms with van der Waals surface area (Å²) < 4.78 is 0. The van der Waals surface area contributed by atoms with Crippen molar-refractivity contribution in [2.75, 3.05) is 0 Å². The number of hydrogen-bond acceptors (Lipinski definition) is 2. The molecule has 17 heavy (non-hydrogen) atoms. The largest absolute Gasteiger partial charge is 0.508 e. The van der Waals surface area contributed by atoms with Crippen LogP contribution < -0.4 is 5.73 Å². The molecule has 2 rings (SSSR count). The van der Waals surface area contributed by atoms with Crippen molar-refractivity contribution in [1.29, 1.82) is 0 Å². The Bertz CT molecular complexity index is 400. The van der Waals surface area contributed by atoms with Crippen LogP contribution >= 0.6 is 0 Å². The van der Waals surface area contributed by atoms with Gasteiger partial charge in [-0.05, 0) is 37.2 Å². The molecule has 1 aliphatic carbocycles. The smallest absolute Gasteiger partial charge is 0.115 e. The van der Waals surface area contributed by atoms with Crippen LogP contribution in [0.25, 0.3) is 5.76 Å². The van der Waals surface area contributed by atoms with Crippen LogP contribution in [0.15, 0.2) is 30.8 Å². The summed E-state index contributed by atoms with van der Waals surface area (Å²) in [6.07, 6.45) is 5.78. The first-order chi connectivity index (χ1) is 8.18. The van der Waals surface area contributed by atoms with E-state index in [1.54, 1.807) is 0 Å². The lowest BCUT2D eigenvalue weighted by molar-refractivity contribution is 0.446. The van der Waals surface area contributed by atoms with Crippen molar-refractivity contribution in [1.82, 2.24) is 0 Å². The molecule has 0 radical (unpaired) electrons. The lowest BCUT2D eigenvalue weighted by Gasteiger charge is -2.16. The standard InChI is InChI=1S/C15H21NO/c1-11(17)14-7-3-2-5-12(14)9-10-13-6-4-8-15(13)16/h2-3,5,7,13,15,17H,1,4,6,8-10,16H2/t13-,15-/m0/s1. The summed E-state index contributed by atoms with van der Waals surface area (Å²) in [5.74, 6) is 0.811. The molecule has 1 aliphatic rings. The first kappa shape index (κ1) is 12.2. The fraction of sp³-hybridized carbons (Fsp3) is 0.467. The van der Waals surface area contributed by atoms with Crippen LogP contribution in [0.2, 0.25) is 0 Å². The molecule has 2 atom stereocenters. The van der Waals surface area contributed by atoms with Gasteiger partial charge in [0.25, 0.3) is 0 Å². The number of aliphatic hydroxyl groups excluding tert-OH is 1. The van der Waals surface area contributed by atoms with E-state index in [9.17, 15) is 5.11 Å². The van der Waals surface area contributed by atoms with Gasteiger partial charge < -0.3 is 10.8 Å². The van der Waals surface area contributed by atoms with E-state index in [4.69, 9.17) is 5.73 Å². The molecule has 1 aromatic rings. The van der Waals surface area contributed by atoms with E-state index in [1.807, 2.05) is 18.2 Å². The van der Waals surface area contributed by atoms with Gasteiger partial charge in [0.15, 0.2) is 0 Å². The van der Waals surface area contributed by atoms with Gasteiger partial charge >= 0.3 is 0 Å². The van der Waals surface area contributed by atoms with Gasteiger partial charge in [-0.15, -0.1) is 0 Å². The summed E-state index contributed by atoms with van der Waals surface area (Å²) in [7, 11) is 0. The molecule has 0 spiro atoms. The van der Waals surface area contributed by atoms with Crippen LogP contribution in [0.3, 0.4) is 0 Å². The molecule has 1 saturated carbocycles. The maximum atomic E-state index is 9.53. The number of aliphatic hydroxyl groups is 1. The fourth-order valence-corrected chi connectivity index (χ4v) is 2.78. The first-order valence-electron chi connectivity index (χ1n) is 6.40. The fourth-order valence-electron chi connectivity index (χ4n) is 2.78. The number of rotatable bonds is 4. The summed E-state index contributed by atoms with van der Waals surface area (Å²) in [5.41, 5.74) is 8.13. The summed E-state index contributed by atoms with van der Waals surface area (Å²) >= 11 is 0. The molecular weight excluding hydrogens is 210 g/mol. The van der Waals surface area contributed by atoms with Crippen LogP contribution in [-0.2, 0) is 6.42 Å². The molecule has 0 unspecified atom stereocenters. The highest BCUT2D eigenvalue weighted by molar-refractivity contribution is 5.59. The molecular formula is C15H21NO. The highest BCUT2D eigenvalue weighted by Crippen LogP contribution is 2.29. The van der Waals surface area contributed by atoms with Crippen molar-refractivity contribution in [3.8, 4) is 0 Å². The van der Waals surface area contributed by atoms with E-state index in [2.05, 4.69) is 12.6 Å². The van der Waals surface area contributed by atoms with Crippen molar-refractivity contribution >= 4 is 5.76 Å². The zero-order valence-corrected chi connectivity index (χ0v) is 10.2. The Labute approximate surface area is 103 Å². The minimum absolute atomic E-state index is 0.163. The normalized spacial score (nSPS) is 23.8. The lowest BCUT2D eigenvalue weighted by atomic mass is 9.93. The van der Waals surface area contributed by atoms with Gasteiger partial charge in [0.05, 0.1) is 0 Å². The Morgan fingerprint density at radius 3 is 2.76 bits per heavy atom. The van der Waals surface area contributed by atoms with E-state index in [-0.39, 0.29) is 5.76 Å². The molecule has 2 heteroatoms. The Kier molecular flexibility index (Phi) is 3.85. The average Bonchev–Trinajstić information content (AvgIpc) is 2.72. The Morgan fingerprint density at radius 2 is 2.12 bits per heavy atom. The van der Waals surface area contributed by atoms with Gasteiger partial charge in [-0.3, -0.25) is 0 Å². The summed E-state index contributed by atoms with van der Waals surface area (Å²) in [5, 5.41) is 9.53. The summed E-state index contributed by atoms with van der Waals surface area (Å²) in [6, 6.07) is 8.31. The van der Waals surface area contributed by atoms with Crippen molar-refractivity contribution in [2.45, 2.75) is 38.1 Å². The molecule has 0 amide bonds. The van der Waals surface area contributed by atoms with Gasteiger partial charge in [0.1, 0.15) is 5.76 Å². The molecule has 0 aliphatic heterocycles. The second-order valence-electron chi connectivity index (χ2n) is 5.00. The van der Waals surface area contributed by atoms with E-state index >= 15 is 0 Å². The molecule has 0 aromatic heterocycles. The molecule has 0 saturated heterocycles. The van der Waals surface area contributed by atoms with E-state index < -0.39 is 0 Å². The predicted octanol–water partition coefficient (Wildman–Crippen LogP) is 3.28. The first-order valence-corrected chi connectivity index (χ1v) is 6.40. The molecule has 92 valence electrons. The van der Waals surface area contributed by atoms with Crippen molar-refractivity contribution < 1.29 is 5.11 Å². The van der Waals surface area contributed by atoms with Crippen LogP contribution in [0.1, 0.15) is 36.8 Å². The number of hydrogen-bond donors (Lipinski definition) is 2. The Morgan fingerprint density at radius 1 is 1.35 bits per heavy atom. The van der Waals surface area contributed by atoms with E-state index in [0.29, 0.717) is 12.0 Å². The van der Waals surface area contributed by atoms with Crippen molar-refractivity contribution in [2.24, 2.45) is 11.7 Å². The molecule has 0 heterocycles. The Balaban J connectivity index is 2.01. The average molecular weight is 231 g/mol. The zero-order valence-electron chi connectivity index (χ0n) is 10.2. The Hall–Kier alpha value is -1.28. The lowest BCUT2D eigenvalue weighted by Crippen LogP contribution is -2.24. The van der Waals surface area contributed by atoms with Crippen LogP contribution in [-0.4, -0.2) is 11.1 Å². The van der Waals surface area contributed by atoms with E-state index in [0.717, 1.165) is 18.4 Å². The molecule has 1 fully saturated rings. The molecule has 0 bridgehead atoms. The third-order valence-electron chi connectivity index (χ3n) is 3.83. The SMILES string of the molecule is C=C(O)c1ccccc1CC[C@@H]1CCC[C@@H]1N. The maximum Gasteiger partial charge on any atom is 0.115 e. The topological polar surface area (TPSA) is 46.2 Å². The van der Waals surface area contributed by atoms with Gasteiger partial charge in [-0.1, -0.05) is 37.3 Å². The monoisotopic (exact) mass is 231 g/mol. The third kappa shape index (κ3) is 2.89. The summed E-state index contributed by atoms with van der Waals surface area (Å²) in [6.45, 7) is 3.61. The minimum atomic E-state index is 0.163. The van der Waals surface area contributed by atoms with Crippen LogP contribution in [0, 0.1) is 5.92 Å². The number of benzene rings is 1. The number of nitrogens with two attached hydrogens (primary N) is 1. The summed E-state index contributed by atoms with van der Waals surface area (Å²) in [4.78, 5) is 0. The van der Waals surface area contributed by atoms with E-state index in [1.165, 1.54) is 24.8 Å². The number of aryl methyl sites for hydroxylation is 1. The van der Waals surface area contributed by atoms with Gasteiger partial charge in [0.2, 0.25) is 0 Å². The highest BCUT2D eigenvalue weighted by Gasteiger charge is 2.23. The molecule has 2 nitrogen and oxygen atoms in total. The minimum Gasteiger partial charge on any atom is -0.508 e. The van der Waals surface area contributed by atoms with Crippen LogP contribution in [0.4, 0.5) is 0 Å². The third-order valence-corrected chi connectivity index (χ3v) is 3.83. The van der Waals surface area contributed by atoms with Crippen LogP contribution in [0.5, 0.6) is 0 Å². The molecule has 1 aromatic carbocycles. The van der Waals surface area contributed by atoms with Gasteiger partial charge in [0, 0.05) is 11.6 Å².